The first-order valence-electron chi connectivity index (χ1n) is 8.20. The van der Waals surface area contributed by atoms with Crippen molar-refractivity contribution in [2.24, 2.45) is 5.92 Å². The van der Waals surface area contributed by atoms with Gasteiger partial charge in [0.1, 0.15) is 0 Å². The summed E-state index contributed by atoms with van der Waals surface area (Å²) in [5.41, 5.74) is 0. The molecule has 1 unspecified atom stereocenters. The maximum absolute atomic E-state index is 12.4. The summed E-state index contributed by atoms with van der Waals surface area (Å²) >= 11 is 0. The molecule has 0 aromatic heterocycles. The quantitative estimate of drug-likeness (QED) is 0.618. The Labute approximate surface area is 155 Å². The minimum absolute atomic E-state index is 0. The number of halogens is 1. The standard InChI is InChI=1S/C15H23N3O4S2.ClH/c19-23(20,17-11-12-3-2-8-16-10-12)14-4-1-5-15(9-14)24(21,22)18-13-6-7-13;/h1,4-5,9,12-13,16-18H,2-3,6-8,10-11H2;1H. The van der Waals surface area contributed by atoms with E-state index in [4.69, 9.17) is 0 Å². The lowest BCUT2D eigenvalue weighted by Crippen LogP contribution is -2.38. The van der Waals surface area contributed by atoms with Crippen LogP contribution in [-0.4, -0.2) is 42.5 Å². The highest BCUT2D eigenvalue weighted by Crippen LogP contribution is 2.23. The van der Waals surface area contributed by atoms with Crippen LogP contribution in [0, 0.1) is 5.92 Å². The van der Waals surface area contributed by atoms with E-state index in [0.29, 0.717) is 6.54 Å². The normalized spacial score (nSPS) is 21.5. The van der Waals surface area contributed by atoms with Crippen molar-refractivity contribution in [1.82, 2.24) is 14.8 Å². The Balaban J connectivity index is 0.00000225. The second kappa shape index (κ2) is 8.32. The predicted molar refractivity (Wildman–Crippen MR) is 97.8 cm³/mol. The largest absolute Gasteiger partial charge is 0.316 e. The first-order chi connectivity index (χ1) is 11.4. The van der Waals surface area contributed by atoms with Crippen LogP contribution in [0.3, 0.4) is 0 Å². The Morgan fingerprint density at radius 2 is 1.72 bits per heavy atom. The van der Waals surface area contributed by atoms with Gasteiger partial charge in [-0.05, 0) is 62.9 Å². The molecule has 1 saturated heterocycles. The summed E-state index contributed by atoms with van der Waals surface area (Å²) < 4.78 is 54.5. The SMILES string of the molecule is Cl.O=S(=O)(NCC1CCCNC1)c1cccc(S(=O)(=O)NC2CC2)c1. The Kier molecular flexibility index (Phi) is 6.86. The lowest BCUT2D eigenvalue weighted by atomic mass is 10.0. The van der Waals surface area contributed by atoms with Gasteiger partial charge in [-0.2, -0.15) is 0 Å². The van der Waals surface area contributed by atoms with Crippen molar-refractivity contribution in [3.63, 3.8) is 0 Å². The molecule has 1 saturated carbocycles. The highest BCUT2D eigenvalue weighted by atomic mass is 35.5. The van der Waals surface area contributed by atoms with E-state index < -0.39 is 20.0 Å². The Hall–Kier alpha value is -0.710. The molecule has 1 heterocycles. The van der Waals surface area contributed by atoms with Gasteiger partial charge in [0, 0.05) is 12.6 Å². The van der Waals surface area contributed by atoms with Crippen LogP contribution in [0.5, 0.6) is 0 Å². The van der Waals surface area contributed by atoms with E-state index in [1.165, 1.54) is 24.3 Å². The Morgan fingerprint density at radius 3 is 2.32 bits per heavy atom. The molecule has 142 valence electrons. The fourth-order valence-corrected chi connectivity index (χ4v) is 5.29. The summed E-state index contributed by atoms with van der Waals surface area (Å²) in [5, 5.41) is 3.24. The molecule has 1 aromatic carbocycles. The van der Waals surface area contributed by atoms with Gasteiger partial charge in [-0.3, -0.25) is 0 Å². The van der Waals surface area contributed by atoms with Gasteiger partial charge < -0.3 is 5.32 Å². The molecular weight excluding hydrogens is 386 g/mol. The molecule has 0 radical (unpaired) electrons. The summed E-state index contributed by atoms with van der Waals surface area (Å²) in [6.45, 7) is 2.12. The molecule has 1 atom stereocenters. The van der Waals surface area contributed by atoms with E-state index >= 15 is 0 Å². The van der Waals surface area contributed by atoms with Crippen LogP contribution in [0.15, 0.2) is 34.1 Å². The zero-order valence-corrected chi connectivity index (χ0v) is 16.2. The molecular formula is C15H24ClN3O4S2. The molecule has 10 heteroatoms. The van der Waals surface area contributed by atoms with Crippen LogP contribution >= 0.6 is 12.4 Å². The average Bonchev–Trinajstić information content (AvgIpc) is 3.37. The van der Waals surface area contributed by atoms with Gasteiger partial charge in [-0.25, -0.2) is 26.3 Å². The zero-order chi connectivity index (χ0) is 17.2. The van der Waals surface area contributed by atoms with Gasteiger partial charge in [0.05, 0.1) is 9.79 Å². The zero-order valence-electron chi connectivity index (χ0n) is 13.8. The number of sulfonamides is 2. The van der Waals surface area contributed by atoms with Crippen molar-refractivity contribution >= 4 is 32.5 Å². The van der Waals surface area contributed by atoms with Gasteiger partial charge in [-0.15, -0.1) is 12.4 Å². The van der Waals surface area contributed by atoms with Crippen molar-refractivity contribution in [3.8, 4) is 0 Å². The molecule has 0 amide bonds. The lowest BCUT2D eigenvalue weighted by molar-refractivity contribution is 0.376. The van der Waals surface area contributed by atoms with Gasteiger partial charge >= 0.3 is 0 Å². The molecule has 1 aliphatic heterocycles. The number of benzene rings is 1. The number of nitrogens with one attached hydrogen (secondary N) is 3. The van der Waals surface area contributed by atoms with Crippen LogP contribution in [0.4, 0.5) is 0 Å². The highest BCUT2D eigenvalue weighted by molar-refractivity contribution is 7.90. The van der Waals surface area contributed by atoms with E-state index in [2.05, 4.69) is 14.8 Å². The highest BCUT2D eigenvalue weighted by Gasteiger charge is 2.28. The summed E-state index contributed by atoms with van der Waals surface area (Å²) in [6.07, 6.45) is 3.67. The first kappa shape index (κ1) is 20.6. The van der Waals surface area contributed by atoms with Crippen molar-refractivity contribution in [3.05, 3.63) is 24.3 Å². The maximum atomic E-state index is 12.4. The average molecular weight is 410 g/mol. The third-order valence-electron chi connectivity index (χ3n) is 4.29. The summed E-state index contributed by atoms with van der Waals surface area (Å²) in [7, 11) is -7.39. The minimum atomic E-state index is -3.73. The molecule has 25 heavy (non-hydrogen) atoms. The van der Waals surface area contributed by atoms with E-state index in [0.717, 1.165) is 38.8 Å². The molecule has 1 aliphatic carbocycles. The number of piperidine rings is 1. The third-order valence-corrected chi connectivity index (χ3v) is 7.23. The molecule has 0 spiro atoms. The molecule has 2 fully saturated rings. The topological polar surface area (TPSA) is 104 Å². The van der Waals surface area contributed by atoms with Crippen LogP contribution < -0.4 is 14.8 Å². The third kappa shape index (κ3) is 5.63. The molecule has 7 nitrogen and oxygen atoms in total. The van der Waals surface area contributed by atoms with E-state index in [1.807, 2.05) is 0 Å². The Morgan fingerprint density at radius 1 is 1.04 bits per heavy atom. The van der Waals surface area contributed by atoms with Crippen molar-refractivity contribution in [1.29, 1.82) is 0 Å². The fraction of sp³-hybridized carbons (Fsp3) is 0.600. The molecule has 1 aromatic rings. The Bertz CT molecular complexity index is 789. The van der Waals surface area contributed by atoms with Gasteiger partial charge in [0.15, 0.2) is 0 Å². The monoisotopic (exact) mass is 409 g/mol. The lowest BCUT2D eigenvalue weighted by Gasteiger charge is -2.22. The summed E-state index contributed by atoms with van der Waals surface area (Å²) in [5.74, 6) is 0.261. The van der Waals surface area contributed by atoms with Crippen LogP contribution in [0.1, 0.15) is 25.7 Å². The predicted octanol–water partition coefficient (Wildman–Crippen LogP) is 0.827. The molecule has 0 bridgehead atoms. The number of hydrogen-bond donors (Lipinski definition) is 3. The number of hydrogen-bond acceptors (Lipinski definition) is 5. The second-order valence-electron chi connectivity index (χ2n) is 6.43. The smallest absolute Gasteiger partial charge is 0.240 e. The first-order valence-corrected chi connectivity index (χ1v) is 11.2. The summed E-state index contributed by atoms with van der Waals surface area (Å²) in [4.78, 5) is -0.0402. The van der Waals surface area contributed by atoms with Crippen molar-refractivity contribution in [2.75, 3.05) is 19.6 Å². The maximum Gasteiger partial charge on any atom is 0.240 e. The molecule has 3 rings (SSSR count). The van der Waals surface area contributed by atoms with Crippen LogP contribution in [-0.2, 0) is 20.0 Å². The van der Waals surface area contributed by atoms with Gasteiger partial charge in [0.25, 0.3) is 0 Å². The van der Waals surface area contributed by atoms with Crippen LogP contribution in [0.25, 0.3) is 0 Å². The number of rotatable bonds is 7. The van der Waals surface area contributed by atoms with E-state index in [9.17, 15) is 16.8 Å². The second-order valence-corrected chi connectivity index (χ2v) is 9.92. The molecule has 2 aliphatic rings. The van der Waals surface area contributed by atoms with E-state index in [1.54, 1.807) is 0 Å². The van der Waals surface area contributed by atoms with Gasteiger partial charge in [0.2, 0.25) is 20.0 Å². The van der Waals surface area contributed by atoms with E-state index in [-0.39, 0.29) is 34.2 Å². The minimum Gasteiger partial charge on any atom is -0.316 e. The van der Waals surface area contributed by atoms with Crippen molar-refractivity contribution in [2.45, 2.75) is 41.5 Å². The van der Waals surface area contributed by atoms with Crippen molar-refractivity contribution < 1.29 is 16.8 Å². The fourth-order valence-electron chi connectivity index (χ4n) is 2.71. The molecule has 3 N–H and O–H groups in total. The van der Waals surface area contributed by atoms with Gasteiger partial charge in [-0.1, -0.05) is 6.07 Å². The van der Waals surface area contributed by atoms with Crippen LogP contribution in [0.2, 0.25) is 0 Å². The summed E-state index contributed by atoms with van der Waals surface area (Å²) in [6, 6.07) is 5.48.